The molecule has 3 heterocycles. The number of rotatable bonds is 2. The van der Waals surface area contributed by atoms with E-state index in [9.17, 15) is 0 Å². The predicted octanol–water partition coefficient (Wildman–Crippen LogP) is 1.31. The van der Waals surface area contributed by atoms with Crippen molar-refractivity contribution in [2.24, 2.45) is 0 Å². The van der Waals surface area contributed by atoms with Gasteiger partial charge in [0.25, 0.3) is 0 Å². The fraction of sp³-hybridized carbons (Fsp3) is 0.643. The van der Waals surface area contributed by atoms with Gasteiger partial charge < -0.3 is 20.7 Å². The zero-order valence-electron chi connectivity index (χ0n) is 11.3. The lowest BCUT2D eigenvalue weighted by Gasteiger charge is -2.31. The molecule has 1 unspecified atom stereocenters. The van der Waals surface area contributed by atoms with Gasteiger partial charge >= 0.3 is 0 Å². The van der Waals surface area contributed by atoms with E-state index in [1.54, 1.807) is 6.20 Å². The molecule has 0 saturated carbocycles. The fourth-order valence-corrected chi connectivity index (χ4v) is 2.81. The standard InChI is InChI=1S/C14H22N4O/c15-11-9-17-12(14-10-16-4-7-19-14)8-13(11)18-5-2-1-3-6-18/h8-9,14,16H,1-7,10,15H2. The van der Waals surface area contributed by atoms with Crippen molar-refractivity contribution in [3.8, 4) is 0 Å². The highest BCUT2D eigenvalue weighted by Gasteiger charge is 2.20. The number of hydrogen-bond acceptors (Lipinski definition) is 5. The SMILES string of the molecule is Nc1cnc(C2CNCCO2)cc1N1CCCCC1. The van der Waals surface area contributed by atoms with Crippen LogP contribution in [0.1, 0.15) is 31.1 Å². The molecule has 0 amide bonds. The summed E-state index contributed by atoms with van der Waals surface area (Å²) in [6, 6.07) is 2.11. The van der Waals surface area contributed by atoms with Crippen molar-refractivity contribution in [2.45, 2.75) is 25.4 Å². The lowest BCUT2D eigenvalue weighted by atomic mass is 10.1. The topological polar surface area (TPSA) is 63.4 Å². The maximum atomic E-state index is 6.09. The van der Waals surface area contributed by atoms with Crippen LogP contribution in [0.4, 0.5) is 11.4 Å². The molecular formula is C14H22N4O. The number of aromatic nitrogens is 1. The van der Waals surface area contributed by atoms with Crippen LogP contribution in [0.3, 0.4) is 0 Å². The van der Waals surface area contributed by atoms with Gasteiger partial charge in [0, 0.05) is 26.2 Å². The Labute approximate surface area is 114 Å². The highest BCUT2D eigenvalue weighted by atomic mass is 16.5. The second-order valence-electron chi connectivity index (χ2n) is 5.28. The number of anilines is 2. The molecule has 3 rings (SSSR count). The van der Waals surface area contributed by atoms with E-state index in [4.69, 9.17) is 10.5 Å². The first-order valence-electron chi connectivity index (χ1n) is 7.17. The van der Waals surface area contributed by atoms with E-state index in [0.29, 0.717) is 0 Å². The lowest BCUT2D eigenvalue weighted by molar-refractivity contribution is 0.0251. The third-order valence-electron chi connectivity index (χ3n) is 3.89. The molecule has 0 radical (unpaired) electrons. The first kappa shape index (κ1) is 12.7. The largest absolute Gasteiger partial charge is 0.396 e. The minimum Gasteiger partial charge on any atom is -0.396 e. The van der Waals surface area contributed by atoms with Gasteiger partial charge in [-0.15, -0.1) is 0 Å². The summed E-state index contributed by atoms with van der Waals surface area (Å²) < 4.78 is 5.76. The average molecular weight is 262 g/mol. The Hall–Kier alpha value is -1.33. The Balaban J connectivity index is 1.82. The number of nitrogens with two attached hydrogens (primary N) is 1. The van der Waals surface area contributed by atoms with Gasteiger partial charge in [-0.1, -0.05) is 0 Å². The number of morpholine rings is 1. The molecular weight excluding hydrogens is 240 g/mol. The molecule has 19 heavy (non-hydrogen) atoms. The maximum absolute atomic E-state index is 6.09. The molecule has 2 aliphatic rings. The summed E-state index contributed by atoms with van der Waals surface area (Å²) in [4.78, 5) is 6.82. The Kier molecular flexibility index (Phi) is 3.84. The van der Waals surface area contributed by atoms with E-state index >= 15 is 0 Å². The van der Waals surface area contributed by atoms with Crippen molar-refractivity contribution in [3.63, 3.8) is 0 Å². The minimum absolute atomic E-state index is 0.0536. The third-order valence-corrected chi connectivity index (χ3v) is 3.89. The smallest absolute Gasteiger partial charge is 0.112 e. The molecule has 5 nitrogen and oxygen atoms in total. The minimum atomic E-state index is 0.0536. The lowest BCUT2D eigenvalue weighted by Crippen LogP contribution is -2.34. The van der Waals surface area contributed by atoms with E-state index in [0.717, 1.165) is 49.9 Å². The van der Waals surface area contributed by atoms with Gasteiger partial charge in [0.15, 0.2) is 0 Å². The Morgan fingerprint density at radius 2 is 2.16 bits per heavy atom. The van der Waals surface area contributed by atoms with Gasteiger partial charge in [0.1, 0.15) is 6.10 Å². The highest BCUT2D eigenvalue weighted by molar-refractivity contribution is 5.67. The van der Waals surface area contributed by atoms with Crippen LogP contribution in [0.5, 0.6) is 0 Å². The van der Waals surface area contributed by atoms with E-state index in [2.05, 4.69) is 21.3 Å². The third kappa shape index (κ3) is 2.82. The van der Waals surface area contributed by atoms with Crippen LogP contribution in [-0.2, 0) is 4.74 Å². The number of nitrogens with one attached hydrogen (secondary N) is 1. The zero-order valence-corrected chi connectivity index (χ0v) is 11.3. The van der Waals surface area contributed by atoms with Crippen LogP contribution < -0.4 is 16.0 Å². The number of nitrogen functional groups attached to an aromatic ring is 1. The second kappa shape index (κ2) is 5.75. The predicted molar refractivity (Wildman–Crippen MR) is 76.3 cm³/mol. The molecule has 5 heteroatoms. The van der Waals surface area contributed by atoms with Crippen LogP contribution >= 0.6 is 0 Å². The van der Waals surface area contributed by atoms with Crippen molar-refractivity contribution in [1.82, 2.24) is 10.3 Å². The number of nitrogens with zero attached hydrogens (tertiary/aromatic N) is 2. The van der Waals surface area contributed by atoms with Gasteiger partial charge in [0.05, 0.1) is 29.9 Å². The van der Waals surface area contributed by atoms with Crippen molar-refractivity contribution >= 4 is 11.4 Å². The van der Waals surface area contributed by atoms with Gasteiger partial charge in [-0.3, -0.25) is 4.98 Å². The molecule has 104 valence electrons. The van der Waals surface area contributed by atoms with Crippen LogP contribution in [0.15, 0.2) is 12.3 Å². The number of piperidine rings is 1. The molecule has 0 aliphatic carbocycles. The molecule has 1 atom stereocenters. The van der Waals surface area contributed by atoms with E-state index in [1.165, 1.54) is 19.3 Å². The summed E-state index contributed by atoms with van der Waals surface area (Å²) >= 11 is 0. The summed E-state index contributed by atoms with van der Waals surface area (Å²) in [5.74, 6) is 0. The molecule has 0 spiro atoms. The molecule has 0 bridgehead atoms. The Bertz CT molecular complexity index is 425. The van der Waals surface area contributed by atoms with Gasteiger partial charge in [-0.05, 0) is 25.3 Å². The number of pyridine rings is 1. The molecule has 0 aromatic carbocycles. The van der Waals surface area contributed by atoms with Crippen molar-refractivity contribution < 1.29 is 4.74 Å². The van der Waals surface area contributed by atoms with Crippen LogP contribution in [0.2, 0.25) is 0 Å². The van der Waals surface area contributed by atoms with Gasteiger partial charge in [-0.2, -0.15) is 0 Å². The average Bonchev–Trinajstić information content (AvgIpc) is 2.49. The first-order chi connectivity index (χ1) is 9.34. The first-order valence-corrected chi connectivity index (χ1v) is 7.17. The molecule has 2 fully saturated rings. The second-order valence-corrected chi connectivity index (χ2v) is 5.28. The number of ether oxygens (including phenoxy) is 1. The Morgan fingerprint density at radius 1 is 1.32 bits per heavy atom. The van der Waals surface area contributed by atoms with Crippen molar-refractivity contribution in [1.29, 1.82) is 0 Å². The summed E-state index contributed by atoms with van der Waals surface area (Å²) in [6.45, 7) is 4.69. The fourth-order valence-electron chi connectivity index (χ4n) is 2.81. The molecule has 1 aromatic rings. The highest BCUT2D eigenvalue weighted by Crippen LogP contribution is 2.29. The normalized spacial score (nSPS) is 24.4. The van der Waals surface area contributed by atoms with Crippen LogP contribution in [0, 0.1) is 0 Å². The Morgan fingerprint density at radius 3 is 2.89 bits per heavy atom. The summed E-state index contributed by atoms with van der Waals surface area (Å²) in [6.07, 6.45) is 5.65. The van der Waals surface area contributed by atoms with E-state index in [1.807, 2.05) is 0 Å². The van der Waals surface area contributed by atoms with Crippen molar-refractivity contribution in [3.05, 3.63) is 18.0 Å². The monoisotopic (exact) mass is 262 g/mol. The van der Waals surface area contributed by atoms with Gasteiger partial charge in [0.2, 0.25) is 0 Å². The zero-order chi connectivity index (χ0) is 13.1. The van der Waals surface area contributed by atoms with Crippen LogP contribution in [-0.4, -0.2) is 37.8 Å². The van der Waals surface area contributed by atoms with E-state index in [-0.39, 0.29) is 6.10 Å². The molecule has 3 N–H and O–H groups in total. The quantitative estimate of drug-likeness (QED) is 0.841. The van der Waals surface area contributed by atoms with E-state index < -0.39 is 0 Å². The van der Waals surface area contributed by atoms with Crippen molar-refractivity contribution in [2.75, 3.05) is 43.4 Å². The molecule has 1 aromatic heterocycles. The van der Waals surface area contributed by atoms with Gasteiger partial charge in [-0.25, -0.2) is 0 Å². The summed E-state index contributed by atoms with van der Waals surface area (Å²) in [7, 11) is 0. The summed E-state index contributed by atoms with van der Waals surface area (Å²) in [5, 5.41) is 3.34. The molecule has 2 aliphatic heterocycles. The summed E-state index contributed by atoms with van der Waals surface area (Å²) in [5.41, 5.74) is 8.97. The molecule has 2 saturated heterocycles. The van der Waals surface area contributed by atoms with Crippen LogP contribution in [0.25, 0.3) is 0 Å². The maximum Gasteiger partial charge on any atom is 0.112 e. The number of hydrogen-bond donors (Lipinski definition) is 2.